The molecule has 3 heteroatoms. The summed E-state index contributed by atoms with van der Waals surface area (Å²) >= 11 is 0. The zero-order valence-electron chi connectivity index (χ0n) is 10.6. The molecule has 1 aromatic rings. The van der Waals surface area contributed by atoms with Crippen molar-refractivity contribution >= 4 is 22.0 Å². The molecule has 1 aromatic carbocycles. The van der Waals surface area contributed by atoms with Crippen LogP contribution in [0.15, 0.2) is 55.3 Å². The Kier molecular flexibility index (Phi) is 6.68. The van der Waals surface area contributed by atoms with Crippen molar-refractivity contribution in [3.8, 4) is 0 Å². The van der Waals surface area contributed by atoms with Crippen LogP contribution in [-0.4, -0.2) is 8.42 Å². The Balaban J connectivity index is 0.000000360. The second-order valence-electron chi connectivity index (χ2n) is 3.41. The summed E-state index contributed by atoms with van der Waals surface area (Å²) in [5, 5.41) is 1.69. The maximum absolute atomic E-state index is 10.1. The lowest BCUT2D eigenvalue weighted by atomic mass is 10.0. The van der Waals surface area contributed by atoms with Gasteiger partial charge in [-0.2, -0.15) is 0 Å². The number of sulfone groups is 1. The molecule has 0 amide bonds. The summed E-state index contributed by atoms with van der Waals surface area (Å²) in [5.41, 5.74) is 3.58. The molecular formula is C15H18O2S. The summed E-state index contributed by atoms with van der Waals surface area (Å²) in [4.78, 5) is 0. The van der Waals surface area contributed by atoms with Crippen LogP contribution in [0, 0.1) is 6.92 Å². The molecular weight excluding hydrogens is 244 g/mol. The fourth-order valence-electron chi connectivity index (χ4n) is 1.23. The molecule has 0 unspecified atom stereocenters. The lowest BCUT2D eigenvalue weighted by molar-refractivity contribution is 0.613. The monoisotopic (exact) mass is 262 g/mol. The van der Waals surface area contributed by atoms with Crippen molar-refractivity contribution in [2.45, 2.75) is 6.92 Å². The van der Waals surface area contributed by atoms with Gasteiger partial charge in [0.25, 0.3) is 0 Å². The van der Waals surface area contributed by atoms with Gasteiger partial charge in [0, 0.05) is 10.8 Å². The van der Waals surface area contributed by atoms with Gasteiger partial charge in [0.05, 0.1) is 0 Å². The van der Waals surface area contributed by atoms with Gasteiger partial charge in [-0.05, 0) is 23.6 Å². The normalized spacial score (nSPS) is 9.61. The van der Waals surface area contributed by atoms with Crippen molar-refractivity contribution in [3.63, 3.8) is 0 Å². The minimum absolute atomic E-state index is 0.847. The molecule has 0 saturated carbocycles. The largest absolute Gasteiger partial charge is 0.220 e. The number of benzene rings is 1. The molecule has 96 valence electrons. The number of hydrogen-bond acceptors (Lipinski definition) is 2. The predicted molar refractivity (Wildman–Crippen MR) is 80.7 cm³/mol. The Morgan fingerprint density at radius 3 is 1.83 bits per heavy atom. The van der Waals surface area contributed by atoms with E-state index in [2.05, 4.69) is 39.3 Å². The SMILES string of the molecule is C=CS(=O)(=O)C=C.C=Cc1cccc(C)c1C=C. The van der Waals surface area contributed by atoms with Crippen LogP contribution in [-0.2, 0) is 9.84 Å². The summed E-state index contributed by atoms with van der Waals surface area (Å²) in [7, 11) is -3.13. The van der Waals surface area contributed by atoms with Crippen molar-refractivity contribution in [2.75, 3.05) is 0 Å². The van der Waals surface area contributed by atoms with E-state index in [0.29, 0.717) is 0 Å². The minimum Gasteiger partial charge on any atom is -0.220 e. The molecule has 0 atom stereocenters. The fraction of sp³-hybridized carbons (Fsp3) is 0.0667. The molecule has 2 nitrogen and oxygen atoms in total. The highest BCUT2D eigenvalue weighted by molar-refractivity contribution is 7.97. The number of hydrogen-bond donors (Lipinski definition) is 0. The van der Waals surface area contributed by atoms with Crippen LogP contribution in [0.4, 0.5) is 0 Å². The van der Waals surface area contributed by atoms with Crippen LogP contribution < -0.4 is 0 Å². The van der Waals surface area contributed by atoms with Gasteiger partial charge >= 0.3 is 0 Å². The molecule has 0 aromatic heterocycles. The third-order valence-corrected chi connectivity index (χ3v) is 3.18. The summed E-state index contributed by atoms with van der Waals surface area (Å²) in [6.07, 6.45) is 3.72. The first-order chi connectivity index (χ1) is 8.41. The van der Waals surface area contributed by atoms with Crippen molar-refractivity contribution in [1.29, 1.82) is 0 Å². The molecule has 0 heterocycles. The predicted octanol–water partition coefficient (Wildman–Crippen LogP) is 3.97. The van der Waals surface area contributed by atoms with E-state index in [4.69, 9.17) is 0 Å². The number of rotatable bonds is 4. The summed E-state index contributed by atoms with van der Waals surface area (Å²) in [6.45, 7) is 15.6. The Morgan fingerprint density at radius 1 is 1.00 bits per heavy atom. The molecule has 0 aliphatic rings. The first kappa shape index (κ1) is 16.1. The Bertz CT molecular complexity index is 538. The third-order valence-electron chi connectivity index (χ3n) is 2.25. The van der Waals surface area contributed by atoms with Crippen LogP contribution in [0.2, 0.25) is 0 Å². The van der Waals surface area contributed by atoms with Gasteiger partial charge in [-0.3, -0.25) is 0 Å². The quantitative estimate of drug-likeness (QED) is 0.822. The molecule has 18 heavy (non-hydrogen) atoms. The van der Waals surface area contributed by atoms with Gasteiger partial charge in [0.2, 0.25) is 0 Å². The highest BCUT2D eigenvalue weighted by atomic mass is 32.2. The molecule has 0 fully saturated rings. The maximum atomic E-state index is 10.1. The summed E-state index contributed by atoms with van der Waals surface area (Å²) in [6, 6.07) is 6.14. The van der Waals surface area contributed by atoms with E-state index < -0.39 is 9.84 Å². The van der Waals surface area contributed by atoms with E-state index in [1.807, 2.05) is 24.3 Å². The van der Waals surface area contributed by atoms with Gasteiger partial charge in [0.1, 0.15) is 0 Å². The Labute approximate surface area is 110 Å². The summed E-state index contributed by atoms with van der Waals surface area (Å²) < 4.78 is 20.3. The fourth-order valence-corrected chi connectivity index (χ4v) is 1.36. The number of aryl methyl sites for hydroxylation is 1. The molecule has 0 saturated heterocycles. The Morgan fingerprint density at radius 2 is 1.56 bits per heavy atom. The third kappa shape index (κ3) is 4.97. The van der Waals surface area contributed by atoms with E-state index >= 15 is 0 Å². The average molecular weight is 262 g/mol. The van der Waals surface area contributed by atoms with Gasteiger partial charge < -0.3 is 0 Å². The van der Waals surface area contributed by atoms with Crippen molar-refractivity contribution in [3.05, 3.63) is 72.0 Å². The highest BCUT2D eigenvalue weighted by Crippen LogP contribution is 2.15. The van der Waals surface area contributed by atoms with Crippen LogP contribution in [0.1, 0.15) is 16.7 Å². The van der Waals surface area contributed by atoms with Gasteiger partial charge in [-0.25, -0.2) is 8.42 Å². The lowest BCUT2D eigenvalue weighted by Gasteiger charge is -2.03. The lowest BCUT2D eigenvalue weighted by Crippen LogP contribution is -1.83. The first-order valence-electron chi connectivity index (χ1n) is 5.26. The Hall–Kier alpha value is -1.87. The first-order valence-corrected chi connectivity index (χ1v) is 6.87. The van der Waals surface area contributed by atoms with E-state index in [1.165, 1.54) is 11.1 Å². The standard InChI is InChI=1S/C11H12.C4H6O2S/c1-4-10-8-6-7-9(3)11(10)5-2;1-3-7(5,6)4-2/h4-8H,1-2H2,3H3;3-4H,1-2H2. The van der Waals surface area contributed by atoms with Crippen LogP contribution in [0.3, 0.4) is 0 Å². The molecule has 0 N–H and O–H groups in total. The van der Waals surface area contributed by atoms with Crippen LogP contribution in [0.25, 0.3) is 12.2 Å². The van der Waals surface area contributed by atoms with E-state index in [-0.39, 0.29) is 0 Å². The van der Waals surface area contributed by atoms with Crippen molar-refractivity contribution < 1.29 is 8.42 Å². The molecule has 0 spiro atoms. The topological polar surface area (TPSA) is 34.1 Å². The van der Waals surface area contributed by atoms with Gasteiger partial charge in [0.15, 0.2) is 9.84 Å². The second kappa shape index (κ2) is 7.45. The molecule has 0 radical (unpaired) electrons. The summed E-state index contributed by atoms with van der Waals surface area (Å²) in [5.74, 6) is 0. The zero-order valence-corrected chi connectivity index (χ0v) is 11.4. The molecule has 0 aliphatic heterocycles. The van der Waals surface area contributed by atoms with Crippen LogP contribution in [0.5, 0.6) is 0 Å². The zero-order chi connectivity index (χ0) is 14.2. The smallest absolute Gasteiger partial charge is 0.191 e. The maximum Gasteiger partial charge on any atom is 0.191 e. The second-order valence-corrected chi connectivity index (χ2v) is 5.25. The highest BCUT2D eigenvalue weighted by Gasteiger charge is 1.96. The van der Waals surface area contributed by atoms with E-state index in [9.17, 15) is 8.42 Å². The van der Waals surface area contributed by atoms with Crippen molar-refractivity contribution in [2.24, 2.45) is 0 Å². The van der Waals surface area contributed by atoms with E-state index in [1.54, 1.807) is 0 Å². The average Bonchev–Trinajstić information content (AvgIpc) is 2.39. The minimum atomic E-state index is -3.13. The molecule has 0 aliphatic carbocycles. The van der Waals surface area contributed by atoms with Crippen LogP contribution >= 0.6 is 0 Å². The van der Waals surface area contributed by atoms with Gasteiger partial charge in [-0.1, -0.05) is 56.7 Å². The molecule has 1 rings (SSSR count). The molecule has 0 bridgehead atoms. The van der Waals surface area contributed by atoms with Gasteiger partial charge in [-0.15, -0.1) is 0 Å². The van der Waals surface area contributed by atoms with Crippen molar-refractivity contribution in [1.82, 2.24) is 0 Å². The van der Waals surface area contributed by atoms with E-state index in [0.717, 1.165) is 16.4 Å².